The van der Waals surface area contributed by atoms with Crippen molar-refractivity contribution in [1.29, 1.82) is 0 Å². The molecular weight excluding hydrogens is 601 g/mol. The molecule has 0 unspecified atom stereocenters. The molecule has 0 fully saturated rings. The van der Waals surface area contributed by atoms with Crippen molar-refractivity contribution in [2.24, 2.45) is 0 Å². The largest absolute Gasteiger partial charge is 0.748 e. The zero-order valence-corrected chi connectivity index (χ0v) is 18.7. The molecule has 33 heavy (non-hydrogen) atoms. The quantitative estimate of drug-likeness (QED) is 0.159. The topological polar surface area (TPSA) is 110 Å². The van der Waals surface area contributed by atoms with Crippen LogP contribution in [0.1, 0.15) is 20.7 Å². The summed E-state index contributed by atoms with van der Waals surface area (Å²) >= 11 is 1.65. The minimum Gasteiger partial charge on any atom is -0.748 e. The lowest BCUT2D eigenvalue weighted by molar-refractivity contribution is -0.356. The molecule has 0 saturated carbocycles. The van der Waals surface area contributed by atoms with Crippen LogP contribution in [0.2, 0.25) is 0 Å². The summed E-state index contributed by atoms with van der Waals surface area (Å²) in [4.78, 5) is 24.6. The average Bonchev–Trinajstić information content (AvgIpc) is 2.65. The van der Waals surface area contributed by atoms with E-state index in [-0.39, 0.29) is 9.13 Å². The van der Waals surface area contributed by atoms with Crippen LogP contribution in [0.3, 0.4) is 0 Å². The van der Waals surface area contributed by atoms with Gasteiger partial charge >= 0.3 is 29.9 Å². The normalized spacial score (nSPS) is 12.8. The third kappa shape index (κ3) is 6.35. The molecule has 0 saturated heterocycles. The molecular formula is C18H10F6IO7S-. The monoisotopic (exact) mass is 611 g/mol. The minimum atomic E-state index is -6.54. The highest BCUT2D eigenvalue weighted by Crippen LogP contribution is 2.47. The van der Waals surface area contributed by atoms with Crippen molar-refractivity contribution in [2.75, 3.05) is 5.75 Å². The van der Waals surface area contributed by atoms with Crippen LogP contribution in [0.25, 0.3) is 0 Å². The van der Waals surface area contributed by atoms with Crippen LogP contribution in [-0.4, -0.2) is 48.6 Å². The molecule has 0 heterocycles. The van der Waals surface area contributed by atoms with Gasteiger partial charge in [-0.3, -0.25) is 0 Å². The molecule has 7 nitrogen and oxygen atoms in total. The van der Waals surface area contributed by atoms with E-state index >= 15 is 0 Å². The highest BCUT2D eigenvalue weighted by molar-refractivity contribution is 14.1. The molecule has 0 radical (unpaired) electrons. The number of alkyl halides is 6. The minimum absolute atomic E-state index is 0.0620. The second-order valence-electron chi connectivity index (χ2n) is 6.31. The Morgan fingerprint density at radius 1 is 0.909 bits per heavy atom. The van der Waals surface area contributed by atoms with Crippen molar-refractivity contribution in [3.8, 4) is 5.75 Å². The van der Waals surface area contributed by atoms with E-state index in [4.69, 9.17) is 4.74 Å². The zero-order valence-electron chi connectivity index (χ0n) is 15.7. The van der Waals surface area contributed by atoms with E-state index in [1.54, 1.807) is 28.7 Å². The Labute approximate surface area is 195 Å². The summed E-state index contributed by atoms with van der Waals surface area (Å²) in [6, 6.07) is 9.71. The first-order valence-electron chi connectivity index (χ1n) is 8.34. The standard InChI is InChI=1S/C18H11F6IO7S/c19-17(20,21)16(18(22,23)24,9-33(28,29)30)32-15(27)12-7-6-11(25)8-13(12)31-14(26)10-4-2-1-3-5-10/h1-8H,9H2,(H,28,29,30)/p-1. The number of carbonyl (C=O) groups is 2. The van der Waals surface area contributed by atoms with Crippen molar-refractivity contribution in [3.05, 3.63) is 63.2 Å². The van der Waals surface area contributed by atoms with Gasteiger partial charge in [0.2, 0.25) is 0 Å². The molecule has 2 aromatic rings. The van der Waals surface area contributed by atoms with Gasteiger partial charge in [0.25, 0.3) is 0 Å². The first-order valence-corrected chi connectivity index (χ1v) is 11.0. The Balaban J connectivity index is 2.54. The number of esters is 2. The van der Waals surface area contributed by atoms with Crippen molar-refractivity contribution in [3.63, 3.8) is 0 Å². The Morgan fingerprint density at radius 3 is 1.94 bits per heavy atom. The average molecular weight is 611 g/mol. The summed E-state index contributed by atoms with van der Waals surface area (Å²) in [5.41, 5.74) is -6.78. The van der Waals surface area contributed by atoms with E-state index in [1.807, 2.05) is 0 Å². The lowest BCUT2D eigenvalue weighted by Gasteiger charge is -2.36. The van der Waals surface area contributed by atoms with Gasteiger partial charge in [-0.15, -0.1) is 0 Å². The lowest BCUT2D eigenvalue weighted by Crippen LogP contribution is -2.63. The van der Waals surface area contributed by atoms with Gasteiger partial charge in [-0.1, -0.05) is 18.2 Å². The molecule has 2 rings (SSSR count). The van der Waals surface area contributed by atoms with E-state index in [0.717, 1.165) is 12.1 Å². The molecule has 0 bridgehead atoms. The molecule has 0 spiro atoms. The smallest absolute Gasteiger partial charge is 0.438 e. The molecule has 0 atom stereocenters. The van der Waals surface area contributed by atoms with E-state index < -0.39 is 57.1 Å². The van der Waals surface area contributed by atoms with Crippen LogP contribution in [0, 0.1) is 3.57 Å². The highest BCUT2D eigenvalue weighted by atomic mass is 127. The van der Waals surface area contributed by atoms with Crippen molar-refractivity contribution >= 4 is 44.6 Å². The Morgan fingerprint density at radius 2 is 1.45 bits per heavy atom. The first kappa shape index (κ1) is 26.8. The predicted octanol–water partition coefficient (Wildman–Crippen LogP) is 4.08. The van der Waals surface area contributed by atoms with E-state index in [9.17, 15) is 48.9 Å². The third-order valence-electron chi connectivity index (χ3n) is 3.94. The molecule has 0 aromatic heterocycles. The van der Waals surface area contributed by atoms with Crippen LogP contribution < -0.4 is 4.74 Å². The van der Waals surface area contributed by atoms with Crippen LogP contribution in [0.5, 0.6) is 5.75 Å². The number of ether oxygens (including phenoxy) is 2. The van der Waals surface area contributed by atoms with Gasteiger partial charge in [-0.05, 0) is 52.9 Å². The number of hydrogen-bond acceptors (Lipinski definition) is 7. The van der Waals surface area contributed by atoms with Crippen LogP contribution in [0.15, 0.2) is 48.5 Å². The maximum Gasteiger partial charge on any atom is 0.438 e. The van der Waals surface area contributed by atoms with Crippen molar-refractivity contribution < 1.29 is 58.4 Å². The molecule has 2 aromatic carbocycles. The van der Waals surface area contributed by atoms with E-state index in [0.29, 0.717) is 6.07 Å². The third-order valence-corrected chi connectivity index (χ3v) is 5.37. The maximum atomic E-state index is 13.4. The summed E-state index contributed by atoms with van der Waals surface area (Å²) in [5, 5.41) is 0. The SMILES string of the molecule is O=C(Oc1cc(I)ccc1C(=O)OC(CS(=O)(=O)[O-])(C(F)(F)F)C(F)(F)F)c1ccccc1. The number of halogens is 7. The second kappa shape index (κ2) is 9.46. The van der Waals surface area contributed by atoms with Crippen LogP contribution >= 0.6 is 22.6 Å². The molecule has 0 amide bonds. The molecule has 180 valence electrons. The van der Waals surface area contributed by atoms with E-state index in [2.05, 4.69) is 4.74 Å². The van der Waals surface area contributed by atoms with E-state index in [1.165, 1.54) is 24.3 Å². The predicted molar refractivity (Wildman–Crippen MR) is 105 cm³/mol. The highest BCUT2D eigenvalue weighted by Gasteiger charge is 2.75. The van der Waals surface area contributed by atoms with Gasteiger partial charge in [0.15, 0.2) is 0 Å². The fraction of sp³-hybridized carbons (Fsp3) is 0.222. The van der Waals surface area contributed by atoms with Gasteiger partial charge in [0.1, 0.15) is 11.3 Å². The molecule has 0 aliphatic carbocycles. The molecule has 0 aliphatic heterocycles. The first-order chi connectivity index (χ1) is 15.0. The summed E-state index contributed by atoms with van der Waals surface area (Å²) in [6.07, 6.45) is -13.1. The van der Waals surface area contributed by atoms with Gasteiger partial charge in [0, 0.05) is 3.57 Å². The summed E-state index contributed by atoms with van der Waals surface area (Å²) in [5.74, 6) is -7.35. The Hall–Kier alpha value is -2.40. The zero-order chi connectivity index (χ0) is 25.2. The number of carbonyl (C=O) groups excluding carboxylic acids is 2. The number of benzene rings is 2. The van der Waals surface area contributed by atoms with Gasteiger partial charge in [-0.2, -0.15) is 26.3 Å². The molecule has 0 aliphatic rings. The van der Waals surface area contributed by atoms with Crippen molar-refractivity contribution in [1.82, 2.24) is 0 Å². The van der Waals surface area contributed by atoms with Gasteiger partial charge in [-0.25, -0.2) is 18.0 Å². The Kier molecular flexibility index (Phi) is 7.69. The lowest BCUT2D eigenvalue weighted by atomic mass is 10.1. The van der Waals surface area contributed by atoms with Crippen LogP contribution in [0.4, 0.5) is 26.3 Å². The maximum absolute atomic E-state index is 13.4. The van der Waals surface area contributed by atoms with Crippen molar-refractivity contribution in [2.45, 2.75) is 18.0 Å². The molecule has 0 N–H and O–H groups in total. The number of rotatable bonds is 6. The second-order valence-corrected chi connectivity index (χ2v) is 8.96. The van der Waals surface area contributed by atoms with Gasteiger partial charge < -0.3 is 14.0 Å². The summed E-state index contributed by atoms with van der Waals surface area (Å²) in [6.45, 7) is 0. The summed E-state index contributed by atoms with van der Waals surface area (Å²) in [7, 11) is -6.20. The van der Waals surface area contributed by atoms with Gasteiger partial charge in [0.05, 0.1) is 21.4 Å². The summed E-state index contributed by atoms with van der Waals surface area (Å²) < 4.78 is 122. The fourth-order valence-corrected chi connectivity index (χ4v) is 3.76. The Bertz CT molecular complexity index is 1130. The van der Waals surface area contributed by atoms with Crippen LogP contribution in [-0.2, 0) is 14.9 Å². The number of hydrogen-bond donors (Lipinski definition) is 0. The molecule has 15 heteroatoms. The fourth-order valence-electron chi connectivity index (χ4n) is 2.41.